The highest BCUT2D eigenvalue weighted by Crippen LogP contribution is 2.40. The number of carbonyl (C=O) groups is 1. The van der Waals surface area contributed by atoms with Gasteiger partial charge in [-0.2, -0.15) is 0 Å². The van der Waals surface area contributed by atoms with Crippen LogP contribution >= 0.6 is 0 Å². The van der Waals surface area contributed by atoms with E-state index in [9.17, 15) is 9.18 Å². The summed E-state index contributed by atoms with van der Waals surface area (Å²) in [6.07, 6.45) is 3.78. The predicted molar refractivity (Wildman–Crippen MR) is 129 cm³/mol. The molecule has 0 amide bonds. The Kier molecular flexibility index (Phi) is 5.57. The van der Waals surface area contributed by atoms with E-state index in [0.717, 1.165) is 28.8 Å². The van der Waals surface area contributed by atoms with E-state index in [-0.39, 0.29) is 24.0 Å². The lowest BCUT2D eigenvalue weighted by Crippen LogP contribution is -2.00. The fourth-order valence-electron chi connectivity index (χ4n) is 4.24. The third-order valence-electron chi connectivity index (χ3n) is 6.12. The highest BCUT2D eigenvalue weighted by atomic mass is 19.1. The van der Waals surface area contributed by atoms with Gasteiger partial charge in [0.1, 0.15) is 29.7 Å². The lowest BCUT2D eigenvalue weighted by molar-refractivity contribution is 0.101. The van der Waals surface area contributed by atoms with Gasteiger partial charge < -0.3 is 18.8 Å². The van der Waals surface area contributed by atoms with Crippen molar-refractivity contribution in [3.05, 3.63) is 94.6 Å². The van der Waals surface area contributed by atoms with Crippen molar-refractivity contribution in [1.29, 1.82) is 0 Å². The van der Waals surface area contributed by atoms with Crippen LogP contribution in [0.25, 0.3) is 17.0 Å². The molecule has 0 atom stereocenters. The molecule has 0 saturated carbocycles. The van der Waals surface area contributed by atoms with Crippen LogP contribution in [-0.4, -0.2) is 17.5 Å². The molecule has 0 radical (unpaired) electrons. The highest BCUT2D eigenvalue weighted by molar-refractivity contribution is 6.15. The smallest absolute Gasteiger partial charge is 0.231 e. The fraction of sp³-hybridized carbons (Fsp3) is 0.179. The first-order chi connectivity index (χ1) is 16.5. The Bertz CT molecular complexity index is 1450. The molecule has 0 bridgehead atoms. The van der Waals surface area contributed by atoms with E-state index in [4.69, 9.17) is 14.2 Å². The molecule has 2 heterocycles. The second-order valence-corrected chi connectivity index (χ2v) is 8.14. The Balaban J connectivity index is 1.46. The van der Waals surface area contributed by atoms with Crippen molar-refractivity contribution in [2.75, 3.05) is 7.11 Å². The number of ether oxygens (including phenoxy) is 3. The van der Waals surface area contributed by atoms with Crippen LogP contribution in [0.15, 0.2) is 66.6 Å². The summed E-state index contributed by atoms with van der Waals surface area (Å²) in [5, 5.41) is 0.978. The van der Waals surface area contributed by atoms with Crippen LogP contribution in [0.3, 0.4) is 0 Å². The minimum atomic E-state index is -0.319. The first kappa shape index (κ1) is 21.8. The summed E-state index contributed by atoms with van der Waals surface area (Å²) in [6, 6.07) is 15.8. The molecule has 3 aromatic carbocycles. The fourth-order valence-corrected chi connectivity index (χ4v) is 4.24. The molecule has 0 aliphatic carbocycles. The van der Waals surface area contributed by atoms with Crippen LogP contribution in [0.2, 0.25) is 0 Å². The number of rotatable bonds is 6. The normalized spacial score (nSPS) is 13.9. The number of allylic oxidation sites excluding steroid dienone is 1. The van der Waals surface area contributed by atoms with Gasteiger partial charge in [-0.1, -0.05) is 18.2 Å². The lowest BCUT2D eigenvalue weighted by atomic mass is 10.1. The topological polar surface area (TPSA) is 49.7 Å². The van der Waals surface area contributed by atoms with Gasteiger partial charge in [0.2, 0.25) is 5.78 Å². The summed E-state index contributed by atoms with van der Waals surface area (Å²) < 4.78 is 33.3. The molecule has 5 nitrogen and oxygen atoms in total. The molecule has 1 aromatic heterocycles. The van der Waals surface area contributed by atoms with Crippen molar-refractivity contribution in [2.45, 2.75) is 27.0 Å². The van der Waals surface area contributed by atoms with E-state index in [1.165, 1.54) is 6.07 Å². The van der Waals surface area contributed by atoms with Crippen molar-refractivity contribution < 1.29 is 23.4 Å². The van der Waals surface area contributed by atoms with E-state index in [1.54, 1.807) is 43.5 Å². The Labute approximate surface area is 197 Å². The molecule has 1 aliphatic rings. The zero-order chi connectivity index (χ0) is 23.8. The Hall–Kier alpha value is -4.06. The van der Waals surface area contributed by atoms with E-state index in [0.29, 0.717) is 28.2 Å². The average molecular weight is 458 g/mol. The van der Waals surface area contributed by atoms with Crippen molar-refractivity contribution >= 4 is 22.8 Å². The van der Waals surface area contributed by atoms with Crippen molar-refractivity contribution in [1.82, 2.24) is 4.57 Å². The van der Waals surface area contributed by atoms with Crippen LogP contribution in [0, 0.1) is 12.7 Å². The van der Waals surface area contributed by atoms with Crippen LogP contribution in [0.4, 0.5) is 4.39 Å². The maximum atomic E-state index is 13.9. The number of halogens is 1. The zero-order valence-electron chi connectivity index (χ0n) is 19.2. The zero-order valence-corrected chi connectivity index (χ0v) is 19.2. The lowest BCUT2D eigenvalue weighted by Gasteiger charge is -2.12. The minimum Gasteiger partial charge on any atom is -0.497 e. The third kappa shape index (κ3) is 3.71. The standard InChI is InChI=1S/C28H24FNO4/c1-4-30-15-19(22-14-20(32-3)9-11-24(22)30)13-26-27(31)21-10-12-25(17(2)28(21)34-26)33-16-18-7-5-6-8-23(18)29/h5-15H,4,16H2,1-3H3/b26-13+. The van der Waals surface area contributed by atoms with E-state index < -0.39 is 0 Å². The van der Waals surface area contributed by atoms with Crippen LogP contribution in [0.1, 0.15) is 34.0 Å². The van der Waals surface area contributed by atoms with Crippen LogP contribution in [0.5, 0.6) is 17.2 Å². The van der Waals surface area contributed by atoms with E-state index >= 15 is 0 Å². The summed E-state index contributed by atoms with van der Waals surface area (Å²) in [7, 11) is 1.63. The van der Waals surface area contributed by atoms with Crippen molar-refractivity contribution in [3.8, 4) is 17.2 Å². The van der Waals surface area contributed by atoms with Gasteiger partial charge in [-0.3, -0.25) is 4.79 Å². The van der Waals surface area contributed by atoms with Gasteiger partial charge >= 0.3 is 0 Å². The minimum absolute atomic E-state index is 0.0846. The van der Waals surface area contributed by atoms with Gasteiger partial charge in [0, 0.05) is 40.3 Å². The predicted octanol–water partition coefficient (Wildman–Crippen LogP) is 6.31. The number of nitrogens with zero attached hydrogens (tertiary/aromatic N) is 1. The van der Waals surface area contributed by atoms with Gasteiger partial charge in [0.25, 0.3) is 0 Å². The number of ketones is 1. The van der Waals surface area contributed by atoms with E-state index in [2.05, 4.69) is 11.5 Å². The second kappa shape index (κ2) is 8.71. The first-order valence-corrected chi connectivity index (χ1v) is 11.1. The SMILES string of the molecule is CCn1cc(/C=C2/Oc3c(ccc(OCc4ccccc4F)c3C)C2=O)c2cc(OC)ccc21. The van der Waals surface area contributed by atoms with Crippen molar-refractivity contribution in [3.63, 3.8) is 0 Å². The number of fused-ring (bicyclic) bond motifs is 2. The molecule has 34 heavy (non-hydrogen) atoms. The summed E-state index contributed by atoms with van der Waals surface area (Å²) in [4.78, 5) is 13.1. The highest BCUT2D eigenvalue weighted by Gasteiger charge is 2.30. The molecule has 172 valence electrons. The average Bonchev–Trinajstić information content (AvgIpc) is 3.37. The first-order valence-electron chi connectivity index (χ1n) is 11.1. The maximum Gasteiger partial charge on any atom is 0.231 e. The van der Waals surface area contributed by atoms with Gasteiger partial charge in [0.15, 0.2) is 5.76 Å². The molecular weight excluding hydrogens is 433 g/mol. The summed E-state index contributed by atoms with van der Waals surface area (Å²) in [5.41, 5.74) is 3.57. The Morgan fingerprint density at radius 3 is 2.71 bits per heavy atom. The van der Waals surface area contributed by atoms with Gasteiger partial charge in [-0.05, 0) is 56.3 Å². The molecule has 0 saturated heterocycles. The molecule has 0 fully saturated rings. The van der Waals surface area contributed by atoms with Crippen molar-refractivity contribution in [2.24, 2.45) is 0 Å². The summed E-state index contributed by atoms with van der Waals surface area (Å²) in [5.74, 6) is 1.51. The van der Waals surface area contributed by atoms with Gasteiger partial charge in [0.05, 0.1) is 12.7 Å². The Morgan fingerprint density at radius 2 is 1.94 bits per heavy atom. The number of aryl methyl sites for hydroxylation is 1. The maximum absolute atomic E-state index is 13.9. The molecule has 1 aliphatic heterocycles. The number of Topliss-reactive ketones (excluding diaryl/α,β-unsaturated/α-hetero) is 1. The monoisotopic (exact) mass is 457 g/mol. The Morgan fingerprint density at radius 1 is 1.12 bits per heavy atom. The van der Waals surface area contributed by atoms with E-state index in [1.807, 2.05) is 31.3 Å². The molecule has 0 spiro atoms. The third-order valence-corrected chi connectivity index (χ3v) is 6.12. The summed E-state index contributed by atoms with van der Waals surface area (Å²) in [6.45, 7) is 4.78. The largest absolute Gasteiger partial charge is 0.497 e. The number of hydrogen-bond donors (Lipinski definition) is 0. The summed E-state index contributed by atoms with van der Waals surface area (Å²) >= 11 is 0. The molecule has 0 unspecified atom stereocenters. The quantitative estimate of drug-likeness (QED) is 0.318. The second-order valence-electron chi connectivity index (χ2n) is 8.14. The molecule has 4 aromatic rings. The molecule has 6 heteroatoms. The van der Waals surface area contributed by atoms with Gasteiger partial charge in [-0.25, -0.2) is 4.39 Å². The number of carbonyl (C=O) groups excluding carboxylic acids is 1. The molecule has 0 N–H and O–H groups in total. The number of aromatic nitrogens is 1. The van der Waals surface area contributed by atoms with Gasteiger partial charge in [-0.15, -0.1) is 0 Å². The number of benzene rings is 3. The number of hydrogen-bond acceptors (Lipinski definition) is 4. The number of methoxy groups -OCH3 is 1. The molecular formula is C28H24FNO4. The van der Waals surface area contributed by atoms with Crippen LogP contribution < -0.4 is 14.2 Å². The molecule has 5 rings (SSSR count). The van der Waals surface area contributed by atoms with Crippen LogP contribution in [-0.2, 0) is 13.2 Å².